The zero-order valence-electron chi connectivity index (χ0n) is 15.7. The van der Waals surface area contributed by atoms with Crippen LogP contribution in [0.4, 0.5) is 5.69 Å². The number of nitrogens with zero attached hydrogens (tertiary/aromatic N) is 4. The van der Waals surface area contributed by atoms with Gasteiger partial charge in [-0.1, -0.05) is 11.6 Å². The van der Waals surface area contributed by atoms with Crippen molar-refractivity contribution in [2.75, 3.05) is 38.0 Å². The van der Waals surface area contributed by atoms with E-state index >= 15 is 0 Å². The predicted molar refractivity (Wildman–Crippen MR) is 111 cm³/mol. The lowest BCUT2D eigenvalue weighted by atomic mass is 10.0. The Morgan fingerprint density at radius 1 is 1.24 bits per heavy atom. The number of halogens is 2. The third kappa shape index (κ3) is 4.08. The fourth-order valence-corrected chi connectivity index (χ4v) is 4.43. The van der Waals surface area contributed by atoms with Crippen LogP contribution in [0.2, 0.25) is 5.02 Å². The molecule has 8 nitrogen and oxygen atoms in total. The van der Waals surface area contributed by atoms with Crippen LogP contribution < -0.4 is 5.32 Å². The molecule has 152 valence electrons. The minimum absolute atomic E-state index is 0.0932. The standard InChI is InChI=1S/C19H19BrClN5O3/c1-24-9-13(20)18(23-24)19(29)26-4-2-25(3-5-26)10-16(27)12-6-11-7-17(28)22-15(11)8-14(12)21/h6,8-9H,2-5,7,10H2,1H3,(H,22,28). The van der Waals surface area contributed by atoms with Crippen LogP contribution in [0.25, 0.3) is 0 Å². The second-order valence-electron chi connectivity index (χ2n) is 7.20. The van der Waals surface area contributed by atoms with Crippen LogP contribution >= 0.6 is 27.5 Å². The quantitative estimate of drug-likeness (QED) is 0.676. The Balaban J connectivity index is 1.37. The number of nitrogens with one attached hydrogen (secondary N) is 1. The molecular weight excluding hydrogens is 462 g/mol. The van der Waals surface area contributed by atoms with Gasteiger partial charge in [0.25, 0.3) is 5.91 Å². The van der Waals surface area contributed by atoms with Crippen molar-refractivity contribution in [1.82, 2.24) is 19.6 Å². The number of carbonyl (C=O) groups excluding carboxylic acids is 3. The normalized spacial score (nSPS) is 16.7. The van der Waals surface area contributed by atoms with Gasteiger partial charge in [-0.15, -0.1) is 0 Å². The van der Waals surface area contributed by atoms with Gasteiger partial charge in [-0.3, -0.25) is 24.0 Å². The molecule has 2 aromatic rings. The van der Waals surface area contributed by atoms with Crippen LogP contribution in [0.5, 0.6) is 0 Å². The highest BCUT2D eigenvalue weighted by molar-refractivity contribution is 9.10. The Hall–Kier alpha value is -2.23. The van der Waals surface area contributed by atoms with Gasteiger partial charge < -0.3 is 10.2 Å². The molecule has 0 aliphatic carbocycles. The van der Waals surface area contributed by atoms with Crippen molar-refractivity contribution in [3.8, 4) is 0 Å². The van der Waals surface area contributed by atoms with Gasteiger partial charge in [-0.2, -0.15) is 5.10 Å². The molecule has 3 heterocycles. The largest absolute Gasteiger partial charge is 0.335 e. The lowest BCUT2D eigenvalue weighted by Crippen LogP contribution is -2.50. The van der Waals surface area contributed by atoms with Crippen LogP contribution in [0.1, 0.15) is 26.4 Å². The number of benzene rings is 1. The number of carbonyl (C=O) groups is 3. The summed E-state index contributed by atoms with van der Waals surface area (Å²) in [6, 6.07) is 3.34. The molecule has 2 amide bonds. The molecule has 2 aliphatic rings. The molecule has 0 atom stereocenters. The molecule has 4 rings (SSSR count). The summed E-state index contributed by atoms with van der Waals surface area (Å²) in [6.07, 6.45) is 2.00. The van der Waals surface area contributed by atoms with E-state index in [9.17, 15) is 14.4 Å². The molecule has 1 N–H and O–H groups in total. The molecule has 0 spiro atoms. The molecule has 1 aromatic carbocycles. The maximum Gasteiger partial charge on any atom is 0.275 e. The van der Waals surface area contributed by atoms with Crippen LogP contribution in [-0.4, -0.2) is 69.9 Å². The monoisotopic (exact) mass is 479 g/mol. The number of amides is 2. The minimum atomic E-state index is -0.123. The maximum atomic E-state index is 12.8. The van der Waals surface area contributed by atoms with E-state index in [1.807, 2.05) is 4.90 Å². The van der Waals surface area contributed by atoms with Crippen LogP contribution in [-0.2, 0) is 18.3 Å². The number of ketones is 1. The van der Waals surface area contributed by atoms with Gasteiger partial charge in [0.2, 0.25) is 5.91 Å². The summed E-state index contributed by atoms with van der Waals surface area (Å²) in [5.74, 6) is -0.312. The number of aromatic nitrogens is 2. The van der Waals surface area contributed by atoms with Gasteiger partial charge in [0.1, 0.15) is 0 Å². The summed E-state index contributed by atoms with van der Waals surface area (Å²) < 4.78 is 2.26. The van der Waals surface area contributed by atoms with Gasteiger partial charge in [0.05, 0.1) is 22.5 Å². The first-order valence-electron chi connectivity index (χ1n) is 9.18. The van der Waals surface area contributed by atoms with Crippen LogP contribution in [0, 0.1) is 0 Å². The van der Waals surface area contributed by atoms with Gasteiger partial charge >= 0.3 is 0 Å². The number of aryl methyl sites for hydroxylation is 1. The van der Waals surface area contributed by atoms with Crippen molar-refractivity contribution in [2.24, 2.45) is 7.05 Å². The molecule has 1 aromatic heterocycles. The molecule has 0 radical (unpaired) electrons. The summed E-state index contributed by atoms with van der Waals surface area (Å²) in [4.78, 5) is 40.7. The number of hydrogen-bond donors (Lipinski definition) is 1. The van der Waals surface area contributed by atoms with E-state index in [1.165, 1.54) is 0 Å². The highest BCUT2D eigenvalue weighted by atomic mass is 79.9. The summed E-state index contributed by atoms with van der Waals surface area (Å²) in [7, 11) is 1.77. The summed E-state index contributed by atoms with van der Waals surface area (Å²) >= 11 is 9.62. The molecule has 1 fully saturated rings. The fraction of sp³-hybridized carbons (Fsp3) is 0.368. The van der Waals surface area contributed by atoms with Crippen LogP contribution in [0.15, 0.2) is 22.8 Å². The highest BCUT2D eigenvalue weighted by Crippen LogP contribution is 2.30. The van der Waals surface area contributed by atoms with E-state index < -0.39 is 0 Å². The van der Waals surface area contributed by atoms with Gasteiger partial charge in [-0.05, 0) is 33.6 Å². The van der Waals surface area contributed by atoms with E-state index in [0.29, 0.717) is 52.6 Å². The minimum Gasteiger partial charge on any atom is -0.335 e. The lowest BCUT2D eigenvalue weighted by Gasteiger charge is -2.34. The van der Waals surface area contributed by atoms with E-state index in [2.05, 4.69) is 26.3 Å². The van der Waals surface area contributed by atoms with Crippen molar-refractivity contribution in [3.63, 3.8) is 0 Å². The van der Waals surface area contributed by atoms with Crippen molar-refractivity contribution in [3.05, 3.63) is 44.6 Å². The van der Waals surface area contributed by atoms with Gasteiger partial charge in [0, 0.05) is 50.7 Å². The van der Waals surface area contributed by atoms with Gasteiger partial charge in [-0.25, -0.2) is 0 Å². The number of anilines is 1. The van der Waals surface area contributed by atoms with Crippen molar-refractivity contribution in [1.29, 1.82) is 0 Å². The van der Waals surface area contributed by atoms with Crippen molar-refractivity contribution >= 4 is 50.8 Å². The average molecular weight is 481 g/mol. The third-order valence-corrected chi connectivity index (χ3v) is 6.02. The summed E-state index contributed by atoms with van der Waals surface area (Å²) in [5, 5.41) is 7.27. The fourth-order valence-electron chi connectivity index (χ4n) is 3.61. The number of fused-ring (bicyclic) bond motifs is 1. The van der Waals surface area contributed by atoms with Crippen molar-refractivity contribution in [2.45, 2.75) is 6.42 Å². The molecular formula is C19H19BrClN5O3. The zero-order valence-corrected chi connectivity index (χ0v) is 18.1. The second kappa shape index (κ2) is 7.89. The predicted octanol–water partition coefficient (Wildman–Crippen LogP) is 1.97. The molecule has 1 saturated heterocycles. The zero-order chi connectivity index (χ0) is 20.7. The average Bonchev–Trinajstić information content (AvgIpc) is 3.20. The molecule has 0 bridgehead atoms. The molecule has 2 aliphatic heterocycles. The summed E-state index contributed by atoms with van der Waals surface area (Å²) in [6.45, 7) is 2.43. The Kier molecular flexibility index (Phi) is 5.46. The Bertz CT molecular complexity index is 1010. The Morgan fingerprint density at radius 2 is 1.97 bits per heavy atom. The SMILES string of the molecule is Cn1cc(Br)c(C(=O)N2CCN(CC(=O)c3cc4c(cc3Cl)NC(=O)C4)CC2)n1. The molecule has 29 heavy (non-hydrogen) atoms. The first-order chi connectivity index (χ1) is 13.8. The lowest BCUT2D eigenvalue weighted by molar-refractivity contribution is -0.115. The number of rotatable bonds is 4. The Morgan fingerprint density at radius 3 is 2.62 bits per heavy atom. The second-order valence-corrected chi connectivity index (χ2v) is 8.47. The van der Waals surface area contributed by atoms with E-state index in [4.69, 9.17) is 11.6 Å². The highest BCUT2D eigenvalue weighted by Gasteiger charge is 2.27. The van der Waals surface area contributed by atoms with Gasteiger partial charge in [0.15, 0.2) is 11.5 Å². The first kappa shape index (κ1) is 20.1. The number of hydrogen-bond acceptors (Lipinski definition) is 5. The first-order valence-corrected chi connectivity index (χ1v) is 10.3. The van der Waals surface area contributed by atoms with E-state index in [-0.39, 0.29) is 30.6 Å². The molecule has 0 saturated carbocycles. The maximum absolute atomic E-state index is 12.8. The van der Waals surface area contributed by atoms with E-state index in [1.54, 1.807) is 35.0 Å². The Labute approximate surface area is 180 Å². The smallest absolute Gasteiger partial charge is 0.275 e. The number of Topliss-reactive ketones (excluding diaryl/α,β-unsaturated/α-hetero) is 1. The van der Waals surface area contributed by atoms with Crippen molar-refractivity contribution < 1.29 is 14.4 Å². The molecule has 10 heteroatoms. The number of piperazine rings is 1. The van der Waals surface area contributed by atoms with Crippen LogP contribution in [0.3, 0.4) is 0 Å². The molecule has 0 unspecified atom stereocenters. The topological polar surface area (TPSA) is 87.5 Å². The third-order valence-electron chi connectivity index (χ3n) is 5.13. The summed E-state index contributed by atoms with van der Waals surface area (Å²) in [5.41, 5.74) is 2.28. The van der Waals surface area contributed by atoms with E-state index in [0.717, 1.165) is 5.56 Å².